The number of aliphatic imine (C=N–C) groups is 1. The van der Waals surface area contributed by atoms with Crippen LogP contribution in [0.1, 0.15) is 71.4 Å². The third kappa shape index (κ3) is 9.19. The van der Waals surface area contributed by atoms with Crippen LogP contribution in [0.2, 0.25) is 0 Å². The summed E-state index contributed by atoms with van der Waals surface area (Å²) in [4.78, 5) is 36.4. The van der Waals surface area contributed by atoms with Crippen LogP contribution >= 0.6 is 0 Å². The minimum absolute atomic E-state index is 0.0956. The number of fused-ring (bicyclic) bond motifs is 2. The van der Waals surface area contributed by atoms with Gasteiger partial charge in [0.15, 0.2) is 46.7 Å². The van der Waals surface area contributed by atoms with Crippen molar-refractivity contribution in [3.8, 4) is 46.0 Å². The van der Waals surface area contributed by atoms with Crippen LogP contribution in [0.5, 0.6) is 23.3 Å². The first-order valence-electron chi connectivity index (χ1n) is 20.3. The number of carbonyl (C=O) groups is 1. The van der Waals surface area contributed by atoms with E-state index >= 15 is 0 Å². The zero-order valence-corrected chi connectivity index (χ0v) is 34.7. The van der Waals surface area contributed by atoms with Gasteiger partial charge in [0.1, 0.15) is 11.0 Å². The van der Waals surface area contributed by atoms with Gasteiger partial charge in [-0.05, 0) is 76.4 Å². The standard InChI is InChI=1S/C26H32FN5O5.C17H17FN4O2/c1-25(2,3)37-24(34)31-13-26(4,14-31)15-36-23-17-12-28-32(20-7-5-6-10-35-20)22(17)29-21(30-23)16-8-9-19(33)18(27)11-16;1-17(7-20-8-17)9-24-16-11-5-19-6-13(11)21-15(22-16)10-2-3-14(23)12(18)4-10/h8-9,11-12,20,33H,5-7,10,13-15H2,1-4H3;2-5,20,23H,6-9H2,1H3. The minimum Gasteiger partial charge on any atom is -0.505 e. The predicted octanol–water partition coefficient (Wildman–Crippen LogP) is 6.58. The van der Waals surface area contributed by atoms with E-state index in [1.165, 1.54) is 24.3 Å². The van der Waals surface area contributed by atoms with Crippen molar-refractivity contribution < 1.29 is 42.7 Å². The molecule has 5 aromatic rings. The van der Waals surface area contributed by atoms with E-state index in [-0.39, 0.29) is 29.0 Å². The van der Waals surface area contributed by atoms with Crippen molar-refractivity contribution in [1.29, 1.82) is 0 Å². The first kappa shape index (κ1) is 41.7. The smallest absolute Gasteiger partial charge is 0.410 e. The fourth-order valence-electron chi connectivity index (χ4n) is 7.33. The second-order valence-corrected chi connectivity index (χ2v) is 17.7. The average molecular weight is 842 g/mol. The molecule has 9 rings (SSSR count). The number of ether oxygens (including phenoxy) is 4. The number of benzene rings is 2. The van der Waals surface area contributed by atoms with E-state index < -0.39 is 28.7 Å². The number of nitrogens with zero attached hydrogens (tertiary/aromatic N) is 8. The van der Waals surface area contributed by atoms with E-state index in [4.69, 9.17) is 18.9 Å². The lowest BCUT2D eigenvalue weighted by molar-refractivity contribution is -0.0431. The highest BCUT2D eigenvalue weighted by Crippen LogP contribution is 2.36. The normalized spacial score (nSPS) is 18.7. The van der Waals surface area contributed by atoms with E-state index in [9.17, 15) is 23.8 Å². The van der Waals surface area contributed by atoms with Gasteiger partial charge in [0.25, 0.3) is 0 Å². The molecule has 16 nitrogen and oxygen atoms in total. The molecule has 2 aromatic carbocycles. The van der Waals surface area contributed by atoms with E-state index in [0.29, 0.717) is 79.2 Å². The van der Waals surface area contributed by atoms with Crippen LogP contribution in [0.4, 0.5) is 13.6 Å². The Labute approximate surface area is 351 Å². The molecule has 3 aromatic heterocycles. The van der Waals surface area contributed by atoms with Crippen LogP contribution in [-0.2, 0) is 16.0 Å². The SMILES string of the molecule is CC1(COc2nc(-c3ccc(O)c(F)c3)nc3c2C=NC3)CNC1.CC1(COc2nc(-c3ccc(O)c(F)c3)nc3c2cnn3C2CCCCO2)CN(C(=O)OC(C)(C)C)C1. The number of aromatic hydroxyl groups is 2. The van der Waals surface area contributed by atoms with Gasteiger partial charge >= 0.3 is 6.09 Å². The van der Waals surface area contributed by atoms with Crippen molar-refractivity contribution in [3.63, 3.8) is 0 Å². The number of hydrogen-bond acceptors (Lipinski definition) is 14. The first-order valence-corrected chi connectivity index (χ1v) is 20.3. The molecule has 0 radical (unpaired) electrons. The van der Waals surface area contributed by atoms with Crippen LogP contribution < -0.4 is 14.8 Å². The monoisotopic (exact) mass is 841 g/mol. The van der Waals surface area contributed by atoms with E-state index in [1.54, 1.807) is 34.1 Å². The second kappa shape index (κ2) is 16.5. The number of likely N-dealkylation sites (tertiary alicyclic amines) is 1. The van der Waals surface area contributed by atoms with E-state index in [0.717, 1.165) is 43.6 Å². The van der Waals surface area contributed by atoms with Crippen molar-refractivity contribution in [2.45, 2.75) is 72.3 Å². The van der Waals surface area contributed by atoms with Crippen molar-refractivity contribution in [2.24, 2.45) is 15.8 Å². The van der Waals surface area contributed by atoms with Crippen molar-refractivity contribution >= 4 is 23.3 Å². The molecule has 322 valence electrons. The summed E-state index contributed by atoms with van der Waals surface area (Å²) >= 11 is 0. The molecule has 61 heavy (non-hydrogen) atoms. The Bertz CT molecular complexity index is 2470. The van der Waals surface area contributed by atoms with E-state index in [2.05, 4.69) is 42.3 Å². The maximum atomic E-state index is 14.1. The number of phenolic OH excluding ortho intramolecular Hbond substituents is 2. The Morgan fingerprint density at radius 3 is 2.15 bits per heavy atom. The van der Waals surface area contributed by atoms with Crippen LogP contribution in [-0.4, -0.2) is 109 Å². The largest absolute Gasteiger partial charge is 0.505 e. The molecule has 0 saturated carbocycles. The summed E-state index contributed by atoms with van der Waals surface area (Å²) in [5.41, 5.74) is 2.20. The molecule has 3 fully saturated rings. The Morgan fingerprint density at radius 2 is 1.54 bits per heavy atom. The van der Waals surface area contributed by atoms with Gasteiger partial charge in [0.2, 0.25) is 11.8 Å². The quantitative estimate of drug-likeness (QED) is 0.144. The topological polar surface area (TPSA) is 191 Å². The molecule has 1 amide bonds. The van der Waals surface area contributed by atoms with Crippen molar-refractivity contribution in [1.82, 2.24) is 39.9 Å². The average Bonchev–Trinajstić information content (AvgIpc) is 3.87. The Balaban J connectivity index is 0.000000184. The molecule has 4 aliphatic heterocycles. The van der Waals surface area contributed by atoms with Gasteiger partial charge in [0, 0.05) is 61.0 Å². The predicted molar refractivity (Wildman–Crippen MR) is 219 cm³/mol. The van der Waals surface area contributed by atoms with Gasteiger partial charge in [-0.25, -0.2) is 28.2 Å². The second-order valence-electron chi connectivity index (χ2n) is 17.7. The number of nitrogens with one attached hydrogen (secondary N) is 1. The van der Waals surface area contributed by atoms with Crippen LogP contribution in [0.3, 0.4) is 0 Å². The number of carbonyl (C=O) groups excluding carboxylic acids is 1. The summed E-state index contributed by atoms with van der Waals surface area (Å²) < 4.78 is 53.0. The zero-order chi connectivity index (χ0) is 43.1. The summed E-state index contributed by atoms with van der Waals surface area (Å²) in [7, 11) is 0. The maximum absolute atomic E-state index is 14.1. The maximum Gasteiger partial charge on any atom is 0.410 e. The lowest BCUT2D eigenvalue weighted by Gasteiger charge is -2.47. The lowest BCUT2D eigenvalue weighted by Crippen LogP contribution is -2.60. The number of phenols is 2. The summed E-state index contributed by atoms with van der Waals surface area (Å²) in [6.07, 6.45) is 5.58. The Hall–Kier alpha value is -6.01. The molecule has 0 bridgehead atoms. The third-order valence-corrected chi connectivity index (χ3v) is 10.7. The molecule has 7 heterocycles. The molecule has 0 spiro atoms. The summed E-state index contributed by atoms with van der Waals surface area (Å²) in [5, 5.41) is 27.3. The van der Waals surface area contributed by atoms with Gasteiger partial charge < -0.3 is 39.4 Å². The molecular formula is C43H49F2N9O7. The molecule has 18 heteroatoms. The van der Waals surface area contributed by atoms with Gasteiger partial charge in [-0.2, -0.15) is 15.1 Å². The van der Waals surface area contributed by atoms with Gasteiger partial charge in [-0.3, -0.25) is 4.99 Å². The molecule has 1 atom stereocenters. The highest BCUT2D eigenvalue weighted by Gasteiger charge is 2.44. The highest BCUT2D eigenvalue weighted by molar-refractivity contribution is 5.87. The molecule has 4 aliphatic rings. The van der Waals surface area contributed by atoms with Gasteiger partial charge in [0.05, 0.1) is 37.2 Å². The van der Waals surface area contributed by atoms with Gasteiger partial charge in [-0.1, -0.05) is 13.8 Å². The molecule has 3 saturated heterocycles. The van der Waals surface area contributed by atoms with Crippen LogP contribution in [0.25, 0.3) is 33.8 Å². The molecule has 1 unspecified atom stereocenters. The number of amides is 1. The summed E-state index contributed by atoms with van der Waals surface area (Å²) in [6, 6.07) is 8.09. The molecule has 0 aliphatic carbocycles. The number of rotatable bonds is 9. The number of aromatic nitrogens is 6. The van der Waals surface area contributed by atoms with Crippen LogP contribution in [0.15, 0.2) is 47.6 Å². The highest BCUT2D eigenvalue weighted by atomic mass is 19.1. The van der Waals surface area contributed by atoms with Crippen molar-refractivity contribution in [2.75, 3.05) is 46.0 Å². The number of hydrogen-bond donors (Lipinski definition) is 3. The third-order valence-electron chi connectivity index (χ3n) is 10.7. The number of halogens is 2. The zero-order valence-electron chi connectivity index (χ0n) is 34.7. The fraction of sp³-hybridized carbons (Fsp3) is 0.465. The molecular weight excluding hydrogens is 793 g/mol. The molecule has 3 N–H and O–H groups in total. The summed E-state index contributed by atoms with van der Waals surface area (Å²) in [6.45, 7) is 14.4. The summed E-state index contributed by atoms with van der Waals surface area (Å²) in [5.74, 6) is -0.927. The Morgan fingerprint density at radius 1 is 0.902 bits per heavy atom. The lowest BCUT2D eigenvalue weighted by atomic mass is 9.83. The minimum atomic E-state index is -0.767. The van der Waals surface area contributed by atoms with E-state index in [1.807, 2.05) is 27.7 Å². The van der Waals surface area contributed by atoms with Crippen LogP contribution in [0, 0.1) is 22.5 Å². The fourth-order valence-corrected chi connectivity index (χ4v) is 7.33. The Kier molecular flexibility index (Phi) is 11.3. The first-order chi connectivity index (χ1) is 29.1. The van der Waals surface area contributed by atoms with Gasteiger partial charge in [-0.15, -0.1) is 0 Å². The van der Waals surface area contributed by atoms with Crippen molar-refractivity contribution in [3.05, 3.63) is 65.5 Å².